The van der Waals surface area contributed by atoms with Crippen molar-refractivity contribution >= 4 is 16.3 Å². The summed E-state index contributed by atoms with van der Waals surface area (Å²) >= 11 is 1.55. The smallest absolute Gasteiger partial charge is 0.216 e. The van der Waals surface area contributed by atoms with Crippen molar-refractivity contribution in [1.29, 1.82) is 0 Å². The number of hydrogen-bond donors (Lipinski definition) is 1. The number of imidazole rings is 1. The quantitative estimate of drug-likeness (QED) is 0.303. The van der Waals surface area contributed by atoms with E-state index in [0.717, 1.165) is 54.5 Å². The first kappa shape index (κ1) is 22.1. The normalized spacial score (nSPS) is 15.0. The molecule has 2 aromatic carbocycles. The molecule has 9 heteroatoms. The van der Waals surface area contributed by atoms with E-state index in [0.29, 0.717) is 17.5 Å². The van der Waals surface area contributed by atoms with Gasteiger partial charge in [0.1, 0.15) is 11.3 Å². The fourth-order valence-electron chi connectivity index (χ4n) is 5.17. The molecule has 184 valence electrons. The molecule has 37 heavy (non-hydrogen) atoms. The molecule has 4 aromatic heterocycles. The zero-order valence-electron chi connectivity index (χ0n) is 20.1. The molecule has 0 spiro atoms. The fourth-order valence-corrected chi connectivity index (χ4v) is 5.76. The Bertz CT molecular complexity index is 1620. The Morgan fingerprint density at radius 3 is 2.62 bits per heavy atom. The van der Waals surface area contributed by atoms with Crippen LogP contribution in [0, 0.1) is 0 Å². The lowest BCUT2D eigenvalue weighted by Crippen LogP contribution is -2.32. The van der Waals surface area contributed by atoms with Crippen molar-refractivity contribution in [1.82, 2.24) is 34.7 Å². The number of aromatic nitrogens is 6. The second-order valence-electron chi connectivity index (χ2n) is 9.39. The molecule has 0 saturated carbocycles. The van der Waals surface area contributed by atoms with E-state index in [1.54, 1.807) is 17.6 Å². The predicted octanol–water partition coefficient (Wildman–Crippen LogP) is 5.88. The third-order valence-electron chi connectivity index (χ3n) is 7.12. The van der Waals surface area contributed by atoms with E-state index < -0.39 is 0 Å². The zero-order valence-corrected chi connectivity index (χ0v) is 20.9. The molecule has 0 atom stereocenters. The number of rotatable bonds is 6. The summed E-state index contributed by atoms with van der Waals surface area (Å²) in [6.07, 6.45) is 5.68. The van der Waals surface area contributed by atoms with Crippen LogP contribution in [0.1, 0.15) is 30.1 Å². The lowest BCUT2D eigenvalue weighted by molar-refractivity contribution is 0.202. The minimum Gasteiger partial charge on any atom is -0.461 e. The summed E-state index contributed by atoms with van der Waals surface area (Å²) in [5.41, 5.74) is 7.69. The average Bonchev–Trinajstić information content (AvgIpc) is 3.75. The molecular formula is C28H25N7OS. The van der Waals surface area contributed by atoms with Crippen molar-refractivity contribution in [3.63, 3.8) is 0 Å². The highest BCUT2D eigenvalue weighted by Crippen LogP contribution is 2.33. The molecule has 0 amide bonds. The molecule has 1 aliphatic heterocycles. The zero-order chi connectivity index (χ0) is 24.6. The summed E-state index contributed by atoms with van der Waals surface area (Å²) in [7, 11) is 0. The van der Waals surface area contributed by atoms with Gasteiger partial charge in [0, 0.05) is 18.0 Å². The first-order valence-electron chi connectivity index (χ1n) is 12.5. The molecule has 1 saturated heterocycles. The summed E-state index contributed by atoms with van der Waals surface area (Å²) in [6.45, 7) is 3.03. The van der Waals surface area contributed by atoms with Crippen LogP contribution in [0.25, 0.3) is 38.9 Å². The highest BCUT2D eigenvalue weighted by atomic mass is 32.1. The van der Waals surface area contributed by atoms with E-state index in [9.17, 15) is 0 Å². The van der Waals surface area contributed by atoms with Crippen LogP contribution >= 0.6 is 11.3 Å². The standard InChI is InChI=1S/C28H25N7OS/c1-2-5-23(24-16-29-28-35(24)30-18-37-28)22(4-1)20-9-7-19(8-10-20)17-34-13-11-21(12-14-34)26-31-27(33-32-26)25-6-3-15-36-25/h1-10,15-16,18,21H,11-14,17H2,(H,31,32,33). The summed E-state index contributed by atoms with van der Waals surface area (Å²) < 4.78 is 7.33. The second kappa shape index (κ2) is 9.42. The number of hydrogen-bond acceptors (Lipinski definition) is 7. The van der Waals surface area contributed by atoms with E-state index in [-0.39, 0.29) is 0 Å². The van der Waals surface area contributed by atoms with Gasteiger partial charge < -0.3 is 4.42 Å². The Kier molecular flexibility index (Phi) is 5.64. The van der Waals surface area contributed by atoms with E-state index in [4.69, 9.17) is 4.42 Å². The molecule has 0 aliphatic carbocycles. The minimum atomic E-state index is 0.402. The molecule has 1 aliphatic rings. The minimum absolute atomic E-state index is 0.402. The predicted molar refractivity (Wildman–Crippen MR) is 143 cm³/mol. The number of fused-ring (bicyclic) bond motifs is 1. The summed E-state index contributed by atoms with van der Waals surface area (Å²) in [6, 6.07) is 21.2. The van der Waals surface area contributed by atoms with Gasteiger partial charge in [-0.1, -0.05) is 59.9 Å². The molecule has 0 radical (unpaired) electrons. The van der Waals surface area contributed by atoms with Crippen LogP contribution in [-0.4, -0.2) is 47.8 Å². The van der Waals surface area contributed by atoms with Gasteiger partial charge in [-0.25, -0.2) is 14.5 Å². The van der Waals surface area contributed by atoms with Gasteiger partial charge in [0.05, 0.1) is 18.2 Å². The molecule has 0 unspecified atom stereocenters. The first-order chi connectivity index (χ1) is 18.3. The third kappa shape index (κ3) is 4.26. The van der Waals surface area contributed by atoms with E-state index in [1.807, 2.05) is 28.4 Å². The highest BCUT2D eigenvalue weighted by Gasteiger charge is 2.24. The third-order valence-corrected chi connectivity index (χ3v) is 7.81. The Labute approximate surface area is 217 Å². The van der Waals surface area contributed by atoms with Crippen molar-refractivity contribution in [2.45, 2.75) is 25.3 Å². The van der Waals surface area contributed by atoms with Gasteiger partial charge in [-0.2, -0.15) is 10.2 Å². The molecule has 6 aromatic rings. The monoisotopic (exact) mass is 507 g/mol. The maximum atomic E-state index is 5.42. The Hall–Kier alpha value is -4.08. The van der Waals surface area contributed by atoms with E-state index in [1.165, 1.54) is 16.7 Å². The number of piperidine rings is 1. The lowest BCUT2D eigenvalue weighted by atomic mass is 9.95. The molecular weight excluding hydrogens is 482 g/mol. The number of H-pyrrole nitrogens is 1. The Morgan fingerprint density at radius 1 is 0.973 bits per heavy atom. The van der Waals surface area contributed by atoms with Crippen LogP contribution in [0.3, 0.4) is 0 Å². The number of likely N-dealkylation sites (tertiary alicyclic amines) is 1. The molecule has 0 bridgehead atoms. The Balaban J connectivity index is 1.02. The van der Waals surface area contributed by atoms with Gasteiger partial charge in [0.15, 0.2) is 5.76 Å². The number of nitrogens with one attached hydrogen (secondary N) is 1. The fraction of sp³-hybridized carbons (Fsp3) is 0.214. The SMILES string of the molecule is c1coc(-c2n[nH]c(C3CCN(Cc4ccc(-c5ccccc5-c5cnc6scnn56)cc4)CC3)n2)c1. The Morgan fingerprint density at radius 2 is 1.81 bits per heavy atom. The summed E-state index contributed by atoms with van der Waals surface area (Å²) in [5.74, 6) is 2.70. The van der Waals surface area contributed by atoms with E-state index in [2.05, 4.69) is 78.7 Å². The molecule has 7 rings (SSSR count). The van der Waals surface area contributed by atoms with Gasteiger partial charge >= 0.3 is 0 Å². The number of aromatic amines is 1. The molecule has 8 nitrogen and oxygen atoms in total. The van der Waals surface area contributed by atoms with Crippen LogP contribution in [0.15, 0.2) is 83.1 Å². The first-order valence-corrected chi connectivity index (χ1v) is 13.3. The van der Waals surface area contributed by atoms with Crippen LogP contribution in [0.4, 0.5) is 0 Å². The van der Waals surface area contributed by atoms with Crippen LogP contribution in [0.5, 0.6) is 0 Å². The van der Waals surface area contributed by atoms with Gasteiger partial charge in [0.2, 0.25) is 10.8 Å². The molecule has 1 fully saturated rings. The average molecular weight is 508 g/mol. The van der Waals surface area contributed by atoms with Crippen LogP contribution < -0.4 is 0 Å². The number of furan rings is 1. The second-order valence-corrected chi connectivity index (χ2v) is 10.2. The topological polar surface area (TPSA) is 88.1 Å². The maximum Gasteiger partial charge on any atom is 0.216 e. The summed E-state index contributed by atoms with van der Waals surface area (Å²) in [5, 5.41) is 11.9. The highest BCUT2D eigenvalue weighted by molar-refractivity contribution is 7.14. The van der Waals surface area contributed by atoms with Gasteiger partial charge in [0.25, 0.3) is 0 Å². The maximum absolute atomic E-state index is 5.42. The van der Waals surface area contributed by atoms with Crippen molar-refractivity contribution in [2.75, 3.05) is 13.1 Å². The van der Waals surface area contributed by atoms with Gasteiger partial charge in [-0.05, 0) is 54.8 Å². The van der Waals surface area contributed by atoms with Gasteiger partial charge in [-0.3, -0.25) is 10.00 Å². The van der Waals surface area contributed by atoms with Crippen molar-refractivity contribution < 1.29 is 4.42 Å². The van der Waals surface area contributed by atoms with Crippen LogP contribution in [-0.2, 0) is 6.54 Å². The largest absolute Gasteiger partial charge is 0.461 e. The summed E-state index contributed by atoms with van der Waals surface area (Å²) in [4.78, 5) is 12.6. The molecule has 1 N–H and O–H groups in total. The lowest BCUT2D eigenvalue weighted by Gasteiger charge is -2.31. The van der Waals surface area contributed by atoms with Crippen molar-refractivity contribution in [3.8, 4) is 34.0 Å². The van der Waals surface area contributed by atoms with E-state index >= 15 is 0 Å². The molecule has 5 heterocycles. The van der Waals surface area contributed by atoms with Crippen molar-refractivity contribution in [3.05, 3.63) is 90.0 Å². The van der Waals surface area contributed by atoms with Crippen molar-refractivity contribution in [2.24, 2.45) is 0 Å². The van der Waals surface area contributed by atoms with Crippen LogP contribution in [0.2, 0.25) is 0 Å². The number of benzene rings is 2. The van der Waals surface area contributed by atoms with Gasteiger partial charge in [-0.15, -0.1) is 0 Å². The number of nitrogens with zero attached hydrogens (tertiary/aromatic N) is 6.